The van der Waals surface area contributed by atoms with Crippen molar-refractivity contribution in [1.82, 2.24) is 20.2 Å². The van der Waals surface area contributed by atoms with E-state index in [0.717, 1.165) is 16.7 Å². The van der Waals surface area contributed by atoms with Crippen molar-refractivity contribution in [2.45, 2.75) is 33.4 Å². The molecule has 1 aromatic heterocycles. The van der Waals surface area contributed by atoms with Gasteiger partial charge in [-0.15, -0.1) is 0 Å². The molecule has 0 spiro atoms. The van der Waals surface area contributed by atoms with Crippen molar-refractivity contribution in [3.63, 3.8) is 0 Å². The lowest BCUT2D eigenvalue weighted by Gasteiger charge is -2.28. The number of aryl methyl sites for hydroxylation is 1. The van der Waals surface area contributed by atoms with Gasteiger partial charge in [0.25, 0.3) is 5.91 Å². The van der Waals surface area contributed by atoms with Gasteiger partial charge in [-0.2, -0.15) is 4.68 Å². The fourth-order valence-corrected chi connectivity index (χ4v) is 4.98. The van der Waals surface area contributed by atoms with Gasteiger partial charge in [-0.3, -0.25) is 4.79 Å². The van der Waals surface area contributed by atoms with Gasteiger partial charge in [0.05, 0.1) is 16.7 Å². The molecule has 2 N–H and O–H groups in total. The number of hydrogen-bond donors (Lipinski definition) is 2. The molecule has 194 valence electrons. The quantitative estimate of drug-likeness (QED) is 0.280. The van der Waals surface area contributed by atoms with Gasteiger partial charge < -0.3 is 20.1 Å². The van der Waals surface area contributed by atoms with Crippen LogP contribution in [0.4, 0.5) is 11.6 Å². The molecule has 1 amide bonds. The van der Waals surface area contributed by atoms with Gasteiger partial charge in [-0.25, -0.2) is 0 Å². The standard InChI is InChI=1S/C28H27BrN6O3/c1-4-37-23-15-20(14-22(29)26(23)38-16-19-11-9-8-10-17(19)2)25-24(18(3)30-28-32-33-34-35(25)28)27(36)31-21-12-6-5-7-13-21/h5-15,25H,4,16H2,1-3H3,(H,31,36)(H,30,32,34). The van der Waals surface area contributed by atoms with Crippen molar-refractivity contribution < 1.29 is 14.3 Å². The molecule has 0 aliphatic carbocycles. The predicted molar refractivity (Wildman–Crippen MR) is 148 cm³/mol. The molecule has 0 radical (unpaired) electrons. The minimum Gasteiger partial charge on any atom is -0.490 e. The number of tetrazole rings is 1. The average Bonchev–Trinajstić information content (AvgIpc) is 3.37. The molecular formula is C28H27BrN6O3. The molecule has 4 aromatic rings. The number of hydrogen-bond acceptors (Lipinski definition) is 7. The van der Waals surface area contributed by atoms with E-state index in [4.69, 9.17) is 9.47 Å². The molecule has 38 heavy (non-hydrogen) atoms. The second-order valence-corrected chi connectivity index (χ2v) is 9.67. The zero-order valence-electron chi connectivity index (χ0n) is 21.2. The molecule has 1 unspecified atom stereocenters. The van der Waals surface area contributed by atoms with Crippen LogP contribution in [0, 0.1) is 6.92 Å². The number of carbonyl (C=O) groups excluding carboxylic acids is 1. The Morgan fingerprint density at radius 2 is 1.84 bits per heavy atom. The van der Waals surface area contributed by atoms with E-state index in [-0.39, 0.29) is 5.91 Å². The van der Waals surface area contributed by atoms with Crippen molar-refractivity contribution in [3.05, 3.63) is 99.2 Å². The van der Waals surface area contributed by atoms with Gasteiger partial charge in [-0.05, 0) is 88.1 Å². The Hall–Kier alpha value is -4.18. The summed E-state index contributed by atoms with van der Waals surface area (Å²) >= 11 is 3.69. The maximum absolute atomic E-state index is 13.6. The predicted octanol–water partition coefficient (Wildman–Crippen LogP) is 5.65. The van der Waals surface area contributed by atoms with E-state index < -0.39 is 6.04 Å². The third-order valence-corrected chi connectivity index (χ3v) is 6.86. The van der Waals surface area contributed by atoms with E-state index in [1.54, 1.807) is 4.68 Å². The van der Waals surface area contributed by atoms with Gasteiger partial charge in [0.15, 0.2) is 11.5 Å². The summed E-state index contributed by atoms with van der Waals surface area (Å²) in [7, 11) is 0. The topological polar surface area (TPSA) is 103 Å². The number of rotatable bonds is 8. The first-order valence-corrected chi connectivity index (χ1v) is 13.0. The van der Waals surface area contributed by atoms with Crippen LogP contribution in [0.2, 0.25) is 0 Å². The summed E-state index contributed by atoms with van der Waals surface area (Å²) in [5.74, 6) is 1.32. The van der Waals surface area contributed by atoms with Crippen LogP contribution >= 0.6 is 15.9 Å². The minimum absolute atomic E-state index is 0.263. The summed E-state index contributed by atoms with van der Waals surface area (Å²) in [6, 6.07) is 20.6. The Morgan fingerprint density at radius 3 is 2.61 bits per heavy atom. The van der Waals surface area contributed by atoms with Gasteiger partial charge in [-0.1, -0.05) is 47.6 Å². The Balaban J connectivity index is 1.54. The highest BCUT2D eigenvalue weighted by Crippen LogP contribution is 2.43. The summed E-state index contributed by atoms with van der Waals surface area (Å²) in [6.07, 6.45) is 0. The van der Waals surface area contributed by atoms with Crippen molar-refractivity contribution in [1.29, 1.82) is 0 Å². The number of carbonyl (C=O) groups is 1. The summed E-state index contributed by atoms with van der Waals surface area (Å²) < 4.78 is 14.5. The number of halogens is 1. The van der Waals surface area contributed by atoms with Crippen LogP contribution in [-0.4, -0.2) is 32.7 Å². The molecule has 0 saturated heterocycles. The van der Waals surface area contributed by atoms with Gasteiger partial charge in [0.1, 0.15) is 12.6 Å². The monoisotopic (exact) mass is 574 g/mol. The first-order valence-electron chi connectivity index (χ1n) is 12.2. The Bertz CT molecular complexity index is 1500. The molecule has 1 atom stereocenters. The van der Waals surface area contributed by atoms with Gasteiger partial charge >= 0.3 is 0 Å². The molecule has 1 aliphatic rings. The van der Waals surface area contributed by atoms with Crippen molar-refractivity contribution in [2.75, 3.05) is 17.2 Å². The Kier molecular flexibility index (Phi) is 7.41. The third-order valence-electron chi connectivity index (χ3n) is 6.27. The molecule has 1 aliphatic heterocycles. The van der Waals surface area contributed by atoms with E-state index in [2.05, 4.69) is 55.1 Å². The number of aromatic nitrogens is 4. The molecule has 0 saturated carbocycles. The fraction of sp³-hybridized carbons (Fsp3) is 0.214. The van der Waals surface area contributed by atoms with Gasteiger partial charge in [0.2, 0.25) is 5.95 Å². The normalized spacial score (nSPS) is 14.5. The molecule has 0 fully saturated rings. The number of nitrogens with zero attached hydrogens (tertiary/aromatic N) is 4. The first kappa shape index (κ1) is 25.5. The number of anilines is 2. The maximum Gasteiger partial charge on any atom is 0.255 e. The Morgan fingerprint density at radius 1 is 1.08 bits per heavy atom. The second-order valence-electron chi connectivity index (χ2n) is 8.81. The number of para-hydroxylation sites is 1. The van der Waals surface area contributed by atoms with E-state index >= 15 is 0 Å². The highest BCUT2D eigenvalue weighted by atomic mass is 79.9. The van der Waals surface area contributed by atoms with Crippen LogP contribution in [-0.2, 0) is 11.4 Å². The summed E-state index contributed by atoms with van der Waals surface area (Å²) in [6.45, 7) is 6.63. The molecule has 2 heterocycles. The molecule has 0 bridgehead atoms. The number of nitrogens with one attached hydrogen (secondary N) is 2. The number of allylic oxidation sites excluding steroid dienone is 1. The first-order chi connectivity index (χ1) is 18.5. The molecule has 5 rings (SSSR count). The van der Waals surface area contributed by atoms with Crippen LogP contribution in [0.25, 0.3) is 0 Å². The van der Waals surface area contributed by atoms with E-state index in [1.807, 2.05) is 74.5 Å². The average molecular weight is 575 g/mol. The summed E-state index contributed by atoms with van der Waals surface area (Å²) in [5, 5.41) is 18.2. The van der Waals surface area contributed by atoms with Crippen LogP contribution in [0.1, 0.15) is 36.6 Å². The number of ether oxygens (including phenoxy) is 2. The van der Waals surface area contributed by atoms with Crippen molar-refractivity contribution in [2.24, 2.45) is 0 Å². The SMILES string of the molecule is CCOc1cc(C2C(C(=O)Nc3ccccc3)=C(C)Nc3nnnn32)cc(Br)c1OCc1ccccc1C. The van der Waals surface area contributed by atoms with E-state index in [9.17, 15) is 4.79 Å². The summed E-state index contributed by atoms with van der Waals surface area (Å²) in [5.41, 5.74) is 4.82. The lowest BCUT2D eigenvalue weighted by Crippen LogP contribution is -2.31. The van der Waals surface area contributed by atoms with Crippen molar-refractivity contribution in [3.8, 4) is 11.5 Å². The van der Waals surface area contributed by atoms with Gasteiger partial charge in [0, 0.05) is 11.4 Å². The smallest absolute Gasteiger partial charge is 0.255 e. The maximum atomic E-state index is 13.6. The third kappa shape index (κ3) is 5.12. The molecular weight excluding hydrogens is 548 g/mol. The zero-order chi connectivity index (χ0) is 26.6. The van der Waals surface area contributed by atoms with E-state index in [1.165, 1.54) is 0 Å². The van der Waals surface area contributed by atoms with Crippen LogP contribution in [0.15, 0.2) is 82.5 Å². The molecule has 10 heteroatoms. The largest absolute Gasteiger partial charge is 0.490 e. The van der Waals surface area contributed by atoms with Crippen molar-refractivity contribution >= 4 is 33.5 Å². The Labute approximate surface area is 229 Å². The molecule has 9 nitrogen and oxygen atoms in total. The minimum atomic E-state index is -0.606. The number of amides is 1. The number of fused-ring (bicyclic) bond motifs is 1. The lowest BCUT2D eigenvalue weighted by atomic mass is 9.94. The van der Waals surface area contributed by atoms with E-state index in [0.29, 0.717) is 52.1 Å². The second kappa shape index (κ2) is 11.1. The highest BCUT2D eigenvalue weighted by Gasteiger charge is 2.35. The zero-order valence-corrected chi connectivity index (χ0v) is 22.8. The number of benzene rings is 3. The molecule has 3 aromatic carbocycles. The van der Waals surface area contributed by atoms with Crippen LogP contribution in [0.3, 0.4) is 0 Å². The lowest BCUT2D eigenvalue weighted by molar-refractivity contribution is -0.113. The van der Waals surface area contributed by atoms with Crippen LogP contribution in [0.5, 0.6) is 11.5 Å². The van der Waals surface area contributed by atoms with Crippen LogP contribution < -0.4 is 20.1 Å². The summed E-state index contributed by atoms with van der Waals surface area (Å²) in [4.78, 5) is 13.6. The fourth-order valence-electron chi connectivity index (χ4n) is 4.41. The highest BCUT2D eigenvalue weighted by molar-refractivity contribution is 9.10.